The number of carbonyl (C=O) groups is 1. The van der Waals surface area contributed by atoms with E-state index in [2.05, 4.69) is 22.0 Å². The number of benzene rings is 1. The SMILES string of the molecule is CC(=O)CC(C#N)c1cccc(C)c1Br. The van der Waals surface area contributed by atoms with Gasteiger partial charge < -0.3 is 0 Å². The lowest BCUT2D eigenvalue weighted by Gasteiger charge is -2.11. The Kier molecular flexibility index (Phi) is 4.05. The first-order valence-corrected chi connectivity index (χ1v) is 5.49. The fourth-order valence-electron chi connectivity index (χ4n) is 1.45. The molecule has 0 bridgehead atoms. The molecule has 0 saturated heterocycles. The van der Waals surface area contributed by atoms with E-state index < -0.39 is 0 Å². The predicted molar refractivity (Wildman–Crippen MR) is 62.5 cm³/mol. The lowest BCUT2D eigenvalue weighted by molar-refractivity contribution is -0.117. The van der Waals surface area contributed by atoms with Crippen LogP contribution in [0.2, 0.25) is 0 Å². The molecule has 0 aromatic heterocycles. The van der Waals surface area contributed by atoms with Crippen LogP contribution in [-0.4, -0.2) is 5.78 Å². The summed E-state index contributed by atoms with van der Waals surface area (Å²) in [6, 6.07) is 7.92. The molecule has 2 nitrogen and oxygen atoms in total. The quantitative estimate of drug-likeness (QED) is 0.841. The molecule has 3 heteroatoms. The molecule has 0 heterocycles. The van der Waals surface area contributed by atoms with Crippen LogP contribution >= 0.6 is 15.9 Å². The van der Waals surface area contributed by atoms with Gasteiger partial charge in [-0.3, -0.25) is 4.79 Å². The molecule has 78 valence electrons. The standard InChI is InChI=1S/C12H12BrNO/c1-8-4-3-5-11(12(8)13)10(7-14)6-9(2)15/h3-5,10H,6H2,1-2H3. The third-order valence-corrected chi connectivity index (χ3v) is 3.33. The van der Waals surface area contributed by atoms with Gasteiger partial charge in [-0.1, -0.05) is 34.1 Å². The summed E-state index contributed by atoms with van der Waals surface area (Å²) in [4.78, 5) is 11.0. The molecule has 15 heavy (non-hydrogen) atoms. The summed E-state index contributed by atoms with van der Waals surface area (Å²) in [6.07, 6.45) is 0.276. The molecule has 0 amide bonds. The maximum Gasteiger partial charge on any atom is 0.131 e. The second-order valence-electron chi connectivity index (χ2n) is 3.57. The topological polar surface area (TPSA) is 40.9 Å². The van der Waals surface area contributed by atoms with Gasteiger partial charge in [-0.2, -0.15) is 5.26 Å². The molecule has 1 atom stereocenters. The maximum atomic E-state index is 11.0. The van der Waals surface area contributed by atoms with Gasteiger partial charge in [-0.25, -0.2) is 0 Å². The molecule has 1 unspecified atom stereocenters. The highest BCUT2D eigenvalue weighted by atomic mass is 79.9. The lowest BCUT2D eigenvalue weighted by Crippen LogP contribution is -2.03. The molecule has 0 fully saturated rings. The Labute approximate surface area is 98.0 Å². The molecule has 1 aromatic rings. The van der Waals surface area contributed by atoms with E-state index >= 15 is 0 Å². The molecule has 1 rings (SSSR count). The molecule has 0 radical (unpaired) electrons. The fourth-order valence-corrected chi connectivity index (χ4v) is 1.99. The zero-order valence-corrected chi connectivity index (χ0v) is 10.3. The highest BCUT2D eigenvalue weighted by Crippen LogP contribution is 2.29. The molecule has 0 spiro atoms. The van der Waals surface area contributed by atoms with Crippen molar-refractivity contribution in [2.24, 2.45) is 0 Å². The zero-order valence-electron chi connectivity index (χ0n) is 8.75. The van der Waals surface area contributed by atoms with Crippen LogP contribution in [-0.2, 0) is 4.79 Å². The number of nitrogens with zero attached hydrogens (tertiary/aromatic N) is 1. The second-order valence-corrected chi connectivity index (χ2v) is 4.36. The summed E-state index contributed by atoms with van der Waals surface area (Å²) in [7, 11) is 0. The van der Waals surface area contributed by atoms with Crippen LogP contribution in [0.5, 0.6) is 0 Å². The largest absolute Gasteiger partial charge is 0.300 e. The van der Waals surface area contributed by atoms with Gasteiger partial charge >= 0.3 is 0 Å². The third kappa shape index (κ3) is 2.90. The fraction of sp³-hybridized carbons (Fsp3) is 0.333. The molecule has 0 aliphatic carbocycles. The van der Waals surface area contributed by atoms with Gasteiger partial charge in [0, 0.05) is 10.9 Å². The Morgan fingerprint density at radius 2 is 2.27 bits per heavy atom. The smallest absolute Gasteiger partial charge is 0.131 e. The van der Waals surface area contributed by atoms with Crippen molar-refractivity contribution in [3.05, 3.63) is 33.8 Å². The van der Waals surface area contributed by atoms with E-state index in [1.54, 1.807) is 0 Å². The Morgan fingerprint density at radius 3 is 2.80 bits per heavy atom. The average molecular weight is 266 g/mol. The number of aryl methyl sites for hydroxylation is 1. The lowest BCUT2D eigenvalue weighted by atomic mass is 9.94. The Bertz CT molecular complexity index is 420. The summed E-state index contributed by atoms with van der Waals surface area (Å²) in [5, 5.41) is 9.02. The van der Waals surface area contributed by atoms with E-state index in [1.165, 1.54) is 6.92 Å². The highest BCUT2D eigenvalue weighted by molar-refractivity contribution is 9.10. The Balaban J connectivity index is 3.08. The van der Waals surface area contributed by atoms with Gasteiger partial charge in [-0.05, 0) is 25.0 Å². The number of ketones is 1. The summed E-state index contributed by atoms with van der Waals surface area (Å²) in [6.45, 7) is 3.48. The summed E-state index contributed by atoms with van der Waals surface area (Å²) in [5.41, 5.74) is 1.98. The molecule has 0 aliphatic rings. The van der Waals surface area contributed by atoms with Crippen molar-refractivity contribution in [2.45, 2.75) is 26.2 Å². The van der Waals surface area contributed by atoms with Crippen LogP contribution < -0.4 is 0 Å². The van der Waals surface area contributed by atoms with Gasteiger partial charge in [0.1, 0.15) is 5.78 Å². The van der Waals surface area contributed by atoms with Crippen LogP contribution in [0.15, 0.2) is 22.7 Å². The van der Waals surface area contributed by atoms with Crippen LogP contribution in [0, 0.1) is 18.3 Å². The van der Waals surface area contributed by atoms with E-state index in [-0.39, 0.29) is 18.1 Å². The van der Waals surface area contributed by atoms with Crippen molar-refractivity contribution >= 4 is 21.7 Å². The summed E-state index contributed by atoms with van der Waals surface area (Å²) in [5.74, 6) is -0.313. The average Bonchev–Trinajstić information content (AvgIpc) is 2.19. The number of hydrogen-bond donors (Lipinski definition) is 0. The molecule has 0 aliphatic heterocycles. The van der Waals surface area contributed by atoms with Gasteiger partial charge in [0.05, 0.1) is 12.0 Å². The number of hydrogen-bond acceptors (Lipinski definition) is 2. The van der Waals surface area contributed by atoms with Crippen LogP contribution in [0.1, 0.15) is 30.4 Å². The second kappa shape index (κ2) is 5.09. The van der Waals surface area contributed by atoms with Crippen molar-refractivity contribution in [3.8, 4) is 6.07 Å². The highest BCUT2D eigenvalue weighted by Gasteiger charge is 2.16. The minimum atomic E-state index is -0.350. The first-order chi connectivity index (χ1) is 7.06. The molecule has 0 N–H and O–H groups in total. The minimum absolute atomic E-state index is 0.0370. The number of rotatable bonds is 3. The van der Waals surface area contributed by atoms with E-state index in [4.69, 9.17) is 5.26 Å². The number of carbonyl (C=O) groups excluding carboxylic acids is 1. The van der Waals surface area contributed by atoms with E-state index in [9.17, 15) is 4.79 Å². The maximum absolute atomic E-state index is 11.0. The van der Waals surface area contributed by atoms with Crippen LogP contribution in [0.3, 0.4) is 0 Å². The monoisotopic (exact) mass is 265 g/mol. The van der Waals surface area contributed by atoms with E-state index in [1.807, 2.05) is 25.1 Å². The van der Waals surface area contributed by atoms with Crippen molar-refractivity contribution in [2.75, 3.05) is 0 Å². The van der Waals surface area contributed by atoms with Gasteiger partial charge in [0.15, 0.2) is 0 Å². The molecule has 1 aromatic carbocycles. The normalized spacial score (nSPS) is 11.9. The predicted octanol–water partition coefficient (Wildman–Crippen LogP) is 3.34. The molecular weight excluding hydrogens is 254 g/mol. The molecule has 0 saturated carbocycles. The van der Waals surface area contributed by atoms with Crippen molar-refractivity contribution in [3.63, 3.8) is 0 Å². The van der Waals surface area contributed by atoms with Gasteiger partial charge in [-0.15, -0.1) is 0 Å². The van der Waals surface area contributed by atoms with E-state index in [0.29, 0.717) is 0 Å². The van der Waals surface area contributed by atoms with Crippen molar-refractivity contribution < 1.29 is 4.79 Å². The van der Waals surface area contributed by atoms with Gasteiger partial charge in [0.2, 0.25) is 0 Å². The first-order valence-electron chi connectivity index (χ1n) is 4.70. The number of nitriles is 1. The van der Waals surface area contributed by atoms with Gasteiger partial charge in [0.25, 0.3) is 0 Å². The van der Waals surface area contributed by atoms with Crippen LogP contribution in [0.25, 0.3) is 0 Å². The minimum Gasteiger partial charge on any atom is -0.300 e. The first kappa shape index (κ1) is 11.9. The summed E-state index contributed by atoms with van der Waals surface area (Å²) >= 11 is 3.45. The molecular formula is C12H12BrNO. The third-order valence-electron chi connectivity index (χ3n) is 2.24. The van der Waals surface area contributed by atoms with Crippen molar-refractivity contribution in [1.29, 1.82) is 5.26 Å². The summed E-state index contributed by atoms with van der Waals surface area (Å²) < 4.78 is 0.929. The Morgan fingerprint density at radius 1 is 1.60 bits per heavy atom. The number of halogens is 1. The van der Waals surface area contributed by atoms with Crippen molar-refractivity contribution in [1.82, 2.24) is 0 Å². The van der Waals surface area contributed by atoms with Crippen LogP contribution in [0.4, 0.5) is 0 Å². The Hall–Kier alpha value is -1.14. The number of Topliss-reactive ketones (excluding diaryl/α,β-unsaturated/α-hetero) is 1. The van der Waals surface area contributed by atoms with E-state index in [0.717, 1.165) is 15.6 Å². The zero-order chi connectivity index (χ0) is 11.4.